The number of carboxylic acids is 1. The molecule has 7 nitrogen and oxygen atoms in total. The molecule has 9 heteroatoms. The predicted molar refractivity (Wildman–Crippen MR) is 84.5 cm³/mol. The molecule has 1 aromatic heterocycles. The summed E-state index contributed by atoms with van der Waals surface area (Å²) in [6.07, 6.45) is 2.58. The molecule has 2 rings (SSSR count). The molecule has 0 aliphatic carbocycles. The van der Waals surface area contributed by atoms with Gasteiger partial charge in [0.25, 0.3) is 5.91 Å². The number of aliphatic carboxylic acids is 1. The molecule has 3 N–H and O–H groups in total. The van der Waals surface area contributed by atoms with Gasteiger partial charge in [0.05, 0.1) is 17.0 Å². The Hall–Kier alpha value is -2.26. The molecule has 0 aromatic carbocycles. The first-order chi connectivity index (χ1) is 10.4. The number of rotatable bonds is 5. The number of primary amides is 1. The van der Waals surface area contributed by atoms with Crippen LogP contribution in [0, 0.1) is 0 Å². The highest BCUT2D eigenvalue weighted by Crippen LogP contribution is 2.34. The largest absolute Gasteiger partial charge is 0.480 e. The summed E-state index contributed by atoms with van der Waals surface area (Å²) in [7, 11) is 0. The number of carbonyl (C=O) groups excluding carboxylic acids is 2. The summed E-state index contributed by atoms with van der Waals surface area (Å²) >= 11 is 6.01. The van der Waals surface area contributed by atoms with E-state index in [2.05, 4.69) is 4.98 Å². The van der Waals surface area contributed by atoms with Crippen LogP contribution in [0.4, 0.5) is 0 Å². The molecule has 0 radical (unpaired) electrons. The van der Waals surface area contributed by atoms with E-state index in [1.165, 1.54) is 6.08 Å². The van der Waals surface area contributed by atoms with E-state index in [1.54, 1.807) is 24.4 Å². The zero-order valence-corrected chi connectivity index (χ0v) is 12.8. The average Bonchev–Trinajstić information content (AvgIpc) is 2.72. The molecule has 22 heavy (non-hydrogen) atoms. The van der Waals surface area contributed by atoms with Crippen molar-refractivity contribution in [3.05, 3.63) is 35.0 Å². The van der Waals surface area contributed by atoms with Gasteiger partial charge in [-0.05, 0) is 18.2 Å². The standard InChI is InChI=1S/C13H11N3O4S2/c14-10(17)6-8(12(19)20)16-11(18)9(22-13(16)21)5-7-3-1-2-4-15-7/h1-5,8H,6H2,(H2,14,17)(H,19,20)/b9-5-. The second-order valence-corrected chi connectivity index (χ2v) is 6.01. The maximum Gasteiger partial charge on any atom is 0.327 e. The first-order valence-electron chi connectivity index (χ1n) is 6.09. The van der Waals surface area contributed by atoms with Gasteiger partial charge in [-0.15, -0.1) is 0 Å². The first kappa shape index (κ1) is 16.1. The monoisotopic (exact) mass is 337 g/mol. The number of hydrogen-bond acceptors (Lipinski definition) is 6. The number of thiocarbonyl (C=S) groups is 1. The molecule has 1 aliphatic heterocycles. The third kappa shape index (κ3) is 3.49. The lowest BCUT2D eigenvalue weighted by Crippen LogP contribution is -2.46. The van der Waals surface area contributed by atoms with Crippen molar-refractivity contribution >= 4 is 52.2 Å². The Morgan fingerprint density at radius 1 is 1.50 bits per heavy atom. The van der Waals surface area contributed by atoms with Crippen LogP contribution < -0.4 is 5.73 Å². The number of thioether (sulfide) groups is 1. The molecule has 1 aromatic rings. The van der Waals surface area contributed by atoms with Gasteiger partial charge in [0.1, 0.15) is 10.4 Å². The van der Waals surface area contributed by atoms with Gasteiger partial charge in [0.15, 0.2) is 0 Å². The van der Waals surface area contributed by atoms with Gasteiger partial charge in [-0.1, -0.05) is 30.0 Å². The highest BCUT2D eigenvalue weighted by Gasteiger charge is 2.41. The van der Waals surface area contributed by atoms with Crippen molar-refractivity contribution in [2.45, 2.75) is 12.5 Å². The minimum atomic E-state index is -1.40. The van der Waals surface area contributed by atoms with Crippen molar-refractivity contribution in [1.29, 1.82) is 0 Å². The van der Waals surface area contributed by atoms with E-state index in [0.717, 1.165) is 16.7 Å². The van der Waals surface area contributed by atoms with E-state index in [0.29, 0.717) is 5.69 Å². The molecule has 1 aliphatic rings. The van der Waals surface area contributed by atoms with Gasteiger partial charge in [0.2, 0.25) is 5.91 Å². The molecule has 0 saturated carbocycles. The predicted octanol–water partition coefficient (Wildman–Crippen LogP) is 0.611. The van der Waals surface area contributed by atoms with Gasteiger partial charge >= 0.3 is 5.97 Å². The molecule has 1 saturated heterocycles. The van der Waals surface area contributed by atoms with Crippen LogP contribution >= 0.6 is 24.0 Å². The second kappa shape index (κ2) is 6.67. The maximum absolute atomic E-state index is 12.4. The number of aromatic nitrogens is 1. The van der Waals surface area contributed by atoms with E-state index in [4.69, 9.17) is 18.0 Å². The van der Waals surface area contributed by atoms with Crippen LogP contribution in [0.25, 0.3) is 6.08 Å². The summed E-state index contributed by atoms with van der Waals surface area (Å²) in [5.74, 6) is -2.74. The fraction of sp³-hybridized carbons (Fsp3) is 0.154. The maximum atomic E-state index is 12.4. The van der Waals surface area contributed by atoms with Crippen LogP contribution in [0.1, 0.15) is 12.1 Å². The molecular weight excluding hydrogens is 326 g/mol. The topological polar surface area (TPSA) is 114 Å². The van der Waals surface area contributed by atoms with E-state index in [-0.39, 0.29) is 9.23 Å². The lowest BCUT2D eigenvalue weighted by molar-refractivity contribution is -0.146. The van der Waals surface area contributed by atoms with Gasteiger partial charge in [-0.2, -0.15) is 0 Å². The fourth-order valence-corrected chi connectivity index (χ4v) is 3.17. The number of nitrogens with two attached hydrogens (primary N) is 1. The quantitative estimate of drug-likeness (QED) is 0.598. The molecule has 1 fully saturated rings. The van der Waals surface area contributed by atoms with Gasteiger partial charge in [-0.25, -0.2) is 4.79 Å². The van der Waals surface area contributed by atoms with Crippen molar-refractivity contribution in [3.63, 3.8) is 0 Å². The average molecular weight is 337 g/mol. The first-order valence-corrected chi connectivity index (χ1v) is 7.32. The molecule has 2 heterocycles. The summed E-state index contributed by atoms with van der Waals surface area (Å²) in [4.78, 5) is 39.8. The van der Waals surface area contributed by atoms with Crippen molar-refractivity contribution in [1.82, 2.24) is 9.88 Å². The van der Waals surface area contributed by atoms with E-state index in [1.807, 2.05) is 0 Å². The Morgan fingerprint density at radius 2 is 2.23 bits per heavy atom. The zero-order chi connectivity index (χ0) is 16.3. The van der Waals surface area contributed by atoms with Crippen LogP contribution in [-0.4, -0.2) is 43.1 Å². The van der Waals surface area contributed by atoms with Crippen molar-refractivity contribution in [2.75, 3.05) is 0 Å². The summed E-state index contributed by atoms with van der Waals surface area (Å²) in [6, 6.07) is 3.78. The summed E-state index contributed by atoms with van der Waals surface area (Å²) in [5, 5.41) is 9.19. The molecule has 1 unspecified atom stereocenters. The highest BCUT2D eigenvalue weighted by molar-refractivity contribution is 8.26. The number of nitrogens with zero attached hydrogens (tertiary/aromatic N) is 2. The smallest absolute Gasteiger partial charge is 0.327 e. The number of pyridine rings is 1. The Kier molecular flexibility index (Phi) is 4.88. The van der Waals surface area contributed by atoms with Crippen LogP contribution in [0.15, 0.2) is 29.3 Å². The number of carbonyl (C=O) groups is 3. The molecular formula is C13H11N3O4S2. The summed E-state index contributed by atoms with van der Waals surface area (Å²) in [5.41, 5.74) is 5.58. The molecule has 0 bridgehead atoms. The van der Waals surface area contributed by atoms with Crippen LogP contribution in [0.3, 0.4) is 0 Å². The molecule has 114 valence electrons. The lowest BCUT2D eigenvalue weighted by atomic mass is 10.1. The third-order valence-electron chi connectivity index (χ3n) is 2.78. The van der Waals surface area contributed by atoms with E-state index >= 15 is 0 Å². The van der Waals surface area contributed by atoms with Crippen LogP contribution in [-0.2, 0) is 14.4 Å². The van der Waals surface area contributed by atoms with Gasteiger partial charge in [-0.3, -0.25) is 19.5 Å². The molecule has 0 spiro atoms. The van der Waals surface area contributed by atoms with Gasteiger partial charge < -0.3 is 10.8 Å². The second-order valence-electron chi connectivity index (χ2n) is 4.33. The SMILES string of the molecule is NC(=O)CC(C(=O)O)N1C(=O)/C(=C/c2ccccn2)SC1=S. The number of hydrogen-bond donors (Lipinski definition) is 2. The Balaban J connectivity index is 2.30. The minimum Gasteiger partial charge on any atom is -0.480 e. The van der Waals surface area contributed by atoms with E-state index < -0.39 is 30.2 Å². The Bertz CT molecular complexity index is 675. The number of carboxylic acid groups (broad SMARTS) is 1. The van der Waals surface area contributed by atoms with Crippen molar-refractivity contribution in [2.24, 2.45) is 5.73 Å². The number of amides is 2. The lowest BCUT2D eigenvalue weighted by Gasteiger charge is -2.21. The summed E-state index contributed by atoms with van der Waals surface area (Å²) in [6.45, 7) is 0. The molecule has 1 atom stereocenters. The summed E-state index contributed by atoms with van der Waals surface area (Å²) < 4.78 is 0.0702. The fourth-order valence-electron chi connectivity index (χ4n) is 1.82. The normalized spacial score (nSPS) is 17.8. The Labute approximate surface area is 135 Å². The molecule has 2 amide bonds. The minimum absolute atomic E-state index is 0.0702. The highest BCUT2D eigenvalue weighted by atomic mass is 32.2. The van der Waals surface area contributed by atoms with Crippen LogP contribution in [0.2, 0.25) is 0 Å². The van der Waals surface area contributed by atoms with Crippen molar-refractivity contribution in [3.8, 4) is 0 Å². The van der Waals surface area contributed by atoms with Crippen molar-refractivity contribution < 1.29 is 19.5 Å². The van der Waals surface area contributed by atoms with E-state index in [9.17, 15) is 19.5 Å². The zero-order valence-electron chi connectivity index (χ0n) is 11.1. The Morgan fingerprint density at radius 3 is 2.77 bits per heavy atom. The van der Waals surface area contributed by atoms with Crippen LogP contribution in [0.5, 0.6) is 0 Å². The third-order valence-corrected chi connectivity index (χ3v) is 4.11. The van der Waals surface area contributed by atoms with Gasteiger partial charge in [0, 0.05) is 6.20 Å².